The molecule has 0 fully saturated rings. The predicted octanol–water partition coefficient (Wildman–Crippen LogP) is 0.729. The molecule has 0 atom stereocenters. The number of urea groups is 1. The minimum atomic E-state index is -0.360. The zero-order chi connectivity index (χ0) is 8.97. The quantitative estimate of drug-likeness (QED) is 0.361. The van der Waals surface area contributed by atoms with Crippen LogP contribution in [0.25, 0.3) is 0 Å². The highest BCUT2D eigenvalue weighted by Gasteiger charge is 1.98. The summed E-state index contributed by atoms with van der Waals surface area (Å²) in [7, 11) is 0. The maximum Gasteiger partial charge on any atom is 0.329 e. The summed E-state index contributed by atoms with van der Waals surface area (Å²) in [5, 5.41) is 2.60. The molecule has 0 aliphatic carbocycles. The molecule has 1 aromatic rings. The zero-order valence-electron chi connectivity index (χ0n) is 6.76. The molecule has 12 heavy (non-hydrogen) atoms. The van der Waals surface area contributed by atoms with E-state index in [1.54, 1.807) is 11.3 Å². The fraction of sp³-hybridized carbons (Fsp3) is 0.286. The normalized spacial score (nSPS) is 9.50. The highest BCUT2D eigenvalue weighted by Crippen LogP contribution is 2.14. The third-order valence-electron chi connectivity index (χ3n) is 1.35. The summed E-state index contributed by atoms with van der Waals surface area (Å²) < 4.78 is 0. The van der Waals surface area contributed by atoms with E-state index in [1.807, 2.05) is 24.5 Å². The largest absolute Gasteiger partial charge is 0.332 e. The molecule has 0 saturated carbocycles. The number of nitrogens with two attached hydrogens (primary N) is 1. The number of rotatable bonds is 2. The van der Waals surface area contributed by atoms with Crippen LogP contribution in [0.2, 0.25) is 0 Å². The number of hydrogen-bond acceptors (Lipinski definition) is 3. The molecule has 1 aromatic heterocycles. The van der Waals surface area contributed by atoms with E-state index in [2.05, 4.69) is 5.32 Å². The summed E-state index contributed by atoms with van der Waals surface area (Å²) in [6, 6.07) is 3.64. The fourth-order valence-corrected chi connectivity index (χ4v) is 1.63. The Morgan fingerprint density at radius 2 is 2.42 bits per heavy atom. The van der Waals surface area contributed by atoms with Crippen molar-refractivity contribution in [1.82, 2.24) is 10.7 Å². The summed E-state index contributed by atoms with van der Waals surface area (Å²) >= 11 is 1.66. The second-order valence-electron chi connectivity index (χ2n) is 2.34. The summed E-state index contributed by atoms with van der Waals surface area (Å²) in [5.74, 6) is 4.88. The molecule has 0 aliphatic rings. The van der Waals surface area contributed by atoms with E-state index in [1.165, 1.54) is 4.88 Å². The van der Waals surface area contributed by atoms with Crippen LogP contribution in [0.4, 0.5) is 4.79 Å². The van der Waals surface area contributed by atoms with Crippen molar-refractivity contribution in [2.24, 2.45) is 5.84 Å². The first-order chi connectivity index (χ1) is 5.72. The van der Waals surface area contributed by atoms with E-state index in [9.17, 15) is 4.79 Å². The summed E-state index contributed by atoms with van der Waals surface area (Å²) in [6.45, 7) is 2.55. The number of aryl methyl sites for hydroxylation is 1. The van der Waals surface area contributed by atoms with Gasteiger partial charge in [0.05, 0.1) is 6.54 Å². The van der Waals surface area contributed by atoms with Gasteiger partial charge in [-0.2, -0.15) is 0 Å². The number of carbonyl (C=O) groups is 1. The summed E-state index contributed by atoms with van der Waals surface area (Å²) in [4.78, 5) is 13.0. The van der Waals surface area contributed by atoms with Crippen molar-refractivity contribution < 1.29 is 4.79 Å². The van der Waals surface area contributed by atoms with Gasteiger partial charge in [0.1, 0.15) is 0 Å². The van der Waals surface area contributed by atoms with Gasteiger partial charge in [0.15, 0.2) is 0 Å². The molecule has 1 heterocycles. The lowest BCUT2D eigenvalue weighted by molar-refractivity contribution is 0.241. The van der Waals surface area contributed by atoms with Crippen LogP contribution in [0.15, 0.2) is 12.1 Å². The number of nitrogens with one attached hydrogen (secondary N) is 2. The van der Waals surface area contributed by atoms with Gasteiger partial charge >= 0.3 is 6.03 Å². The van der Waals surface area contributed by atoms with Crippen molar-refractivity contribution >= 4 is 17.4 Å². The molecule has 0 unspecified atom stereocenters. The van der Waals surface area contributed by atoms with E-state index < -0.39 is 0 Å². The Bertz CT molecular complexity index is 271. The van der Waals surface area contributed by atoms with Gasteiger partial charge in [0, 0.05) is 9.75 Å². The number of hydrogen-bond donors (Lipinski definition) is 3. The fourth-order valence-electron chi connectivity index (χ4n) is 0.799. The molecule has 0 saturated heterocycles. The molecule has 0 spiro atoms. The first kappa shape index (κ1) is 9.02. The molecule has 5 heteroatoms. The SMILES string of the molecule is Cc1ccc(CNC(=O)NN)s1. The number of carbonyl (C=O) groups excluding carboxylic acids is 1. The van der Waals surface area contributed by atoms with Crippen LogP contribution in [-0.2, 0) is 6.54 Å². The molecule has 4 N–H and O–H groups in total. The van der Waals surface area contributed by atoms with Gasteiger partial charge in [-0.3, -0.25) is 5.43 Å². The van der Waals surface area contributed by atoms with Gasteiger partial charge < -0.3 is 5.32 Å². The predicted molar refractivity (Wildman–Crippen MR) is 48.6 cm³/mol. The lowest BCUT2D eigenvalue weighted by Crippen LogP contribution is -2.39. The Balaban J connectivity index is 2.38. The Morgan fingerprint density at radius 3 is 2.92 bits per heavy atom. The number of thiophene rings is 1. The van der Waals surface area contributed by atoms with Crippen molar-refractivity contribution in [2.45, 2.75) is 13.5 Å². The summed E-state index contributed by atoms with van der Waals surface area (Å²) in [6.07, 6.45) is 0. The van der Waals surface area contributed by atoms with Gasteiger partial charge in [-0.1, -0.05) is 0 Å². The number of hydrazine groups is 1. The van der Waals surface area contributed by atoms with Crippen LogP contribution < -0.4 is 16.6 Å². The van der Waals surface area contributed by atoms with Crippen molar-refractivity contribution in [1.29, 1.82) is 0 Å². The first-order valence-electron chi connectivity index (χ1n) is 3.52. The highest BCUT2D eigenvalue weighted by atomic mass is 32.1. The average Bonchev–Trinajstić information content (AvgIpc) is 2.47. The molecule has 0 aromatic carbocycles. The molecule has 2 amide bonds. The maximum absolute atomic E-state index is 10.6. The van der Waals surface area contributed by atoms with E-state index in [0.717, 1.165) is 4.88 Å². The van der Waals surface area contributed by atoms with Crippen LogP contribution in [0.5, 0.6) is 0 Å². The molecule has 66 valence electrons. The van der Waals surface area contributed by atoms with E-state index in [0.29, 0.717) is 6.54 Å². The summed E-state index contributed by atoms with van der Waals surface area (Å²) in [5.41, 5.74) is 2.00. The highest BCUT2D eigenvalue weighted by molar-refractivity contribution is 7.11. The van der Waals surface area contributed by atoms with Crippen molar-refractivity contribution in [3.63, 3.8) is 0 Å². The van der Waals surface area contributed by atoms with Gasteiger partial charge in [0.2, 0.25) is 0 Å². The minimum absolute atomic E-state index is 0.360. The molecule has 0 aliphatic heterocycles. The Morgan fingerprint density at radius 1 is 1.67 bits per heavy atom. The molecular weight excluding hydrogens is 174 g/mol. The second-order valence-corrected chi connectivity index (χ2v) is 3.71. The van der Waals surface area contributed by atoms with Gasteiger partial charge in [-0.05, 0) is 19.1 Å². The van der Waals surface area contributed by atoms with Crippen molar-refractivity contribution in [2.75, 3.05) is 0 Å². The van der Waals surface area contributed by atoms with Crippen LogP contribution in [0.1, 0.15) is 9.75 Å². The first-order valence-corrected chi connectivity index (χ1v) is 4.34. The van der Waals surface area contributed by atoms with Crippen molar-refractivity contribution in [3.05, 3.63) is 21.9 Å². The lowest BCUT2D eigenvalue weighted by atomic mass is 10.4. The average molecular weight is 185 g/mol. The van der Waals surface area contributed by atoms with E-state index >= 15 is 0 Å². The Hall–Kier alpha value is -1.07. The van der Waals surface area contributed by atoms with Crippen LogP contribution in [0, 0.1) is 6.92 Å². The van der Waals surface area contributed by atoms with Crippen LogP contribution in [-0.4, -0.2) is 6.03 Å². The zero-order valence-corrected chi connectivity index (χ0v) is 7.57. The van der Waals surface area contributed by atoms with Gasteiger partial charge in [-0.25, -0.2) is 10.6 Å². The second kappa shape index (κ2) is 4.08. The minimum Gasteiger partial charge on any atom is -0.332 e. The van der Waals surface area contributed by atoms with Crippen LogP contribution in [0.3, 0.4) is 0 Å². The maximum atomic E-state index is 10.6. The monoisotopic (exact) mass is 185 g/mol. The van der Waals surface area contributed by atoms with Gasteiger partial charge in [0.25, 0.3) is 0 Å². The molecule has 0 bridgehead atoms. The van der Waals surface area contributed by atoms with E-state index in [-0.39, 0.29) is 6.03 Å². The Labute approximate surface area is 74.7 Å². The third kappa shape index (κ3) is 2.52. The lowest BCUT2D eigenvalue weighted by Gasteiger charge is -2.00. The molecule has 0 radical (unpaired) electrons. The number of amides is 2. The van der Waals surface area contributed by atoms with E-state index in [4.69, 9.17) is 5.84 Å². The third-order valence-corrected chi connectivity index (χ3v) is 2.35. The topological polar surface area (TPSA) is 67.2 Å². The molecule has 1 rings (SSSR count). The molecule has 4 nitrogen and oxygen atoms in total. The Kier molecular flexibility index (Phi) is 3.07. The van der Waals surface area contributed by atoms with Crippen LogP contribution >= 0.6 is 11.3 Å². The van der Waals surface area contributed by atoms with Crippen molar-refractivity contribution in [3.8, 4) is 0 Å². The molecular formula is C7H11N3OS. The smallest absolute Gasteiger partial charge is 0.329 e. The van der Waals surface area contributed by atoms with Gasteiger partial charge in [-0.15, -0.1) is 11.3 Å². The standard InChI is InChI=1S/C7H11N3OS/c1-5-2-3-6(12-5)4-9-7(11)10-8/h2-3H,4,8H2,1H3,(H2,9,10,11).